The van der Waals surface area contributed by atoms with Gasteiger partial charge in [-0.3, -0.25) is 4.90 Å². The average Bonchev–Trinajstić information content (AvgIpc) is 2.60. The Labute approximate surface area is 106 Å². The Morgan fingerprint density at radius 2 is 1.78 bits per heavy atom. The number of aliphatic hydroxyl groups excluding tert-OH is 3. The molecule has 2 rings (SSSR count). The number of nitrogens with zero attached hydrogens (tertiary/aromatic N) is 1. The summed E-state index contributed by atoms with van der Waals surface area (Å²) in [5.74, 6) is 0.744. The number of ether oxygens (including phenoxy) is 1. The molecule has 1 aromatic rings. The lowest BCUT2D eigenvalue weighted by molar-refractivity contribution is 0.0184. The molecule has 100 valence electrons. The molecule has 0 aromatic heterocycles. The topological polar surface area (TPSA) is 73.2 Å². The molecule has 1 heterocycles. The van der Waals surface area contributed by atoms with Gasteiger partial charge in [-0.2, -0.15) is 0 Å². The smallest absolute Gasteiger partial charge is 0.118 e. The van der Waals surface area contributed by atoms with E-state index in [0.29, 0.717) is 0 Å². The van der Waals surface area contributed by atoms with Crippen LogP contribution in [0.5, 0.6) is 5.75 Å². The minimum Gasteiger partial charge on any atom is -0.497 e. The largest absolute Gasteiger partial charge is 0.497 e. The Kier molecular flexibility index (Phi) is 3.87. The highest BCUT2D eigenvalue weighted by Crippen LogP contribution is 2.35. The number of benzene rings is 1. The summed E-state index contributed by atoms with van der Waals surface area (Å²) in [4.78, 5) is 1.80. The summed E-state index contributed by atoms with van der Waals surface area (Å²) in [6, 6.07) is 6.59. The molecule has 0 bridgehead atoms. The van der Waals surface area contributed by atoms with Crippen LogP contribution in [0.2, 0.25) is 0 Å². The van der Waals surface area contributed by atoms with Gasteiger partial charge in [-0.15, -0.1) is 0 Å². The fourth-order valence-corrected chi connectivity index (χ4v) is 2.57. The van der Waals surface area contributed by atoms with E-state index in [0.717, 1.165) is 11.3 Å². The Morgan fingerprint density at radius 3 is 2.22 bits per heavy atom. The summed E-state index contributed by atoms with van der Waals surface area (Å²) >= 11 is 0. The fraction of sp³-hybridized carbons (Fsp3) is 0.538. The lowest BCUT2D eigenvalue weighted by Crippen LogP contribution is -2.37. The first-order valence-corrected chi connectivity index (χ1v) is 5.93. The van der Waals surface area contributed by atoms with Gasteiger partial charge in [0, 0.05) is 0 Å². The second-order valence-corrected chi connectivity index (χ2v) is 4.61. The van der Waals surface area contributed by atoms with Crippen molar-refractivity contribution >= 4 is 0 Å². The van der Waals surface area contributed by atoms with Crippen LogP contribution in [-0.4, -0.2) is 59.2 Å². The summed E-state index contributed by atoms with van der Waals surface area (Å²) in [6.07, 6.45) is -1.84. The molecule has 4 atom stereocenters. The van der Waals surface area contributed by atoms with Crippen LogP contribution < -0.4 is 4.74 Å². The Hall–Kier alpha value is -1.14. The maximum atomic E-state index is 10.1. The fourth-order valence-electron chi connectivity index (χ4n) is 2.57. The van der Waals surface area contributed by atoms with Gasteiger partial charge in [0.05, 0.1) is 31.9 Å². The first-order chi connectivity index (χ1) is 8.60. The van der Waals surface area contributed by atoms with Crippen molar-refractivity contribution in [3.05, 3.63) is 29.8 Å². The molecule has 0 unspecified atom stereocenters. The van der Waals surface area contributed by atoms with Crippen LogP contribution in [-0.2, 0) is 0 Å². The first-order valence-electron chi connectivity index (χ1n) is 5.93. The Morgan fingerprint density at radius 1 is 1.17 bits per heavy atom. The van der Waals surface area contributed by atoms with Gasteiger partial charge < -0.3 is 20.1 Å². The first kappa shape index (κ1) is 13.3. The molecule has 1 aromatic carbocycles. The van der Waals surface area contributed by atoms with Crippen molar-refractivity contribution < 1.29 is 20.1 Å². The van der Waals surface area contributed by atoms with Crippen molar-refractivity contribution in [1.29, 1.82) is 0 Å². The van der Waals surface area contributed by atoms with Crippen molar-refractivity contribution in [3.63, 3.8) is 0 Å². The summed E-state index contributed by atoms with van der Waals surface area (Å²) in [6.45, 7) is -0.179. The van der Waals surface area contributed by atoms with E-state index in [1.165, 1.54) is 0 Å². The predicted molar refractivity (Wildman–Crippen MR) is 66.4 cm³/mol. The van der Waals surface area contributed by atoms with Gasteiger partial charge >= 0.3 is 0 Å². The normalized spacial score (nSPS) is 32.7. The lowest BCUT2D eigenvalue weighted by Gasteiger charge is -2.25. The molecule has 5 nitrogen and oxygen atoms in total. The maximum Gasteiger partial charge on any atom is 0.118 e. The third-order valence-electron chi connectivity index (χ3n) is 3.67. The Balaban J connectivity index is 2.26. The van der Waals surface area contributed by atoms with Crippen LogP contribution in [0, 0.1) is 0 Å². The lowest BCUT2D eigenvalue weighted by atomic mass is 10.0. The minimum atomic E-state index is -0.938. The average molecular weight is 253 g/mol. The summed E-state index contributed by atoms with van der Waals surface area (Å²) in [7, 11) is 3.38. The van der Waals surface area contributed by atoms with Gasteiger partial charge in [-0.1, -0.05) is 12.1 Å². The van der Waals surface area contributed by atoms with E-state index >= 15 is 0 Å². The van der Waals surface area contributed by atoms with Crippen molar-refractivity contribution in [2.24, 2.45) is 0 Å². The zero-order valence-corrected chi connectivity index (χ0v) is 10.5. The summed E-state index contributed by atoms with van der Waals surface area (Å²) in [5.41, 5.74) is 0.890. The number of rotatable bonds is 3. The molecular formula is C13H19NO4. The molecule has 0 aliphatic carbocycles. The van der Waals surface area contributed by atoms with Crippen LogP contribution in [0.15, 0.2) is 24.3 Å². The van der Waals surface area contributed by atoms with Gasteiger partial charge in [-0.05, 0) is 24.7 Å². The van der Waals surface area contributed by atoms with Crippen LogP contribution in [0.1, 0.15) is 11.6 Å². The molecule has 3 N–H and O–H groups in total. The molecule has 0 spiro atoms. The van der Waals surface area contributed by atoms with Crippen molar-refractivity contribution in [3.8, 4) is 5.75 Å². The van der Waals surface area contributed by atoms with Gasteiger partial charge in [0.15, 0.2) is 0 Å². The number of methoxy groups -OCH3 is 1. The maximum absolute atomic E-state index is 10.1. The Bertz CT molecular complexity index is 394. The molecular weight excluding hydrogens is 234 g/mol. The molecule has 1 fully saturated rings. The van der Waals surface area contributed by atoms with E-state index in [2.05, 4.69) is 0 Å². The molecule has 0 saturated carbocycles. The molecule has 0 radical (unpaired) electrons. The van der Waals surface area contributed by atoms with Gasteiger partial charge in [-0.25, -0.2) is 0 Å². The van der Waals surface area contributed by atoms with Crippen LogP contribution in [0.25, 0.3) is 0 Å². The highest BCUT2D eigenvalue weighted by atomic mass is 16.5. The number of hydrogen-bond donors (Lipinski definition) is 3. The van der Waals surface area contributed by atoms with Gasteiger partial charge in [0.25, 0.3) is 0 Å². The predicted octanol–water partition coefficient (Wildman–Crippen LogP) is -0.236. The highest BCUT2D eigenvalue weighted by Gasteiger charge is 2.45. The zero-order valence-electron chi connectivity index (χ0n) is 10.5. The SMILES string of the molecule is COc1ccc([C@H]2[C@H](O)[C@@H](O)[C@H](CO)N2C)cc1. The minimum absolute atomic E-state index is 0.179. The third kappa shape index (κ3) is 2.10. The van der Waals surface area contributed by atoms with E-state index in [1.54, 1.807) is 19.1 Å². The number of likely N-dealkylation sites (tertiary alicyclic amines) is 1. The number of likely N-dealkylation sites (N-methyl/N-ethyl adjacent to an activating group) is 1. The van der Waals surface area contributed by atoms with Crippen molar-refractivity contribution in [1.82, 2.24) is 4.90 Å². The molecule has 18 heavy (non-hydrogen) atoms. The monoisotopic (exact) mass is 253 g/mol. The quantitative estimate of drug-likeness (QED) is 0.693. The molecule has 1 aliphatic rings. The van der Waals surface area contributed by atoms with Crippen molar-refractivity contribution in [2.75, 3.05) is 20.8 Å². The second-order valence-electron chi connectivity index (χ2n) is 4.61. The summed E-state index contributed by atoms with van der Waals surface area (Å²) < 4.78 is 5.08. The third-order valence-corrected chi connectivity index (χ3v) is 3.67. The standard InChI is InChI=1S/C13H19NO4/c1-14-10(7-15)12(16)13(17)11(14)8-3-5-9(18-2)6-4-8/h3-6,10-13,15-17H,7H2,1-2H3/t10-,11-,12-,13-/m0/s1. The van der Waals surface area contributed by atoms with E-state index in [1.807, 2.05) is 24.3 Å². The van der Waals surface area contributed by atoms with E-state index < -0.39 is 18.2 Å². The van der Waals surface area contributed by atoms with E-state index in [9.17, 15) is 15.3 Å². The van der Waals surface area contributed by atoms with Gasteiger partial charge in [0.1, 0.15) is 11.9 Å². The van der Waals surface area contributed by atoms with Crippen LogP contribution >= 0.6 is 0 Å². The highest BCUT2D eigenvalue weighted by molar-refractivity contribution is 5.31. The van der Waals surface area contributed by atoms with E-state index in [4.69, 9.17) is 4.74 Å². The molecule has 0 amide bonds. The zero-order chi connectivity index (χ0) is 13.3. The molecule has 5 heteroatoms. The molecule has 1 saturated heterocycles. The summed E-state index contributed by atoms with van der Waals surface area (Å²) in [5, 5.41) is 29.2. The number of hydrogen-bond acceptors (Lipinski definition) is 5. The number of aliphatic hydroxyl groups is 3. The van der Waals surface area contributed by atoms with Crippen LogP contribution in [0.4, 0.5) is 0 Å². The second kappa shape index (κ2) is 5.24. The van der Waals surface area contributed by atoms with E-state index in [-0.39, 0.29) is 12.6 Å². The van der Waals surface area contributed by atoms with Crippen molar-refractivity contribution in [2.45, 2.75) is 24.3 Å². The van der Waals surface area contributed by atoms with Gasteiger partial charge in [0.2, 0.25) is 0 Å². The molecule has 1 aliphatic heterocycles. The van der Waals surface area contributed by atoms with Crippen LogP contribution in [0.3, 0.4) is 0 Å².